The van der Waals surface area contributed by atoms with E-state index >= 15 is 0 Å². The molecule has 1 heterocycles. The van der Waals surface area contributed by atoms with E-state index in [1.807, 2.05) is 18.7 Å². The monoisotopic (exact) mass is 199 g/mol. The van der Waals surface area contributed by atoms with Gasteiger partial charge in [-0.25, -0.2) is 0 Å². The first-order chi connectivity index (χ1) is 6.15. The van der Waals surface area contributed by atoms with Crippen molar-refractivity contribution < 1.29 is 0 Å². The van der Waals surface area contributed by atoms with Crippen LogP contribution in [-0.2, 0) is 0 Å². The highest BCUT2D eigenvalue weighted by Crippen LogP contribution is 2.28. The van der Waals surface area contributed by atoms with E-state index in [0.29, 0.717) is 10.6 Å². The predicted molar refractivity (Wildman–Crippen MR) is 56.8 cm³/mol. The van der Waals surface area contributed by atoms with E-state index < -0.39 is 0 Å². The molecule has 0 amide bonds. The molecule has 4 heteroatoms. The first-order valence-electron chi connectivity index (χ1n) is 4.66. The van der Waals surface area contributed by atoms with Gasteiger partial charge in [0, 0.05) is 5.25 Å². The molecule has 0 N–H and O–H groups in total. The number of nitrogens with zero attached hydrogens (tertiary/aromatic N) is 3. The van der Waals surface area contributed by atoms with Crippen LogP contribution in [0.3, 0.4) is 0 Å². The molecule has 2 unspecified atom stereocenters. The van der Waals surface area contributed by atoms with Gasteiger partial charge in [-0.1, -0.05) is 13.8 Å². The van der Waals surface area contributed by atoms with Gasteiger partial charge in [0.15, 0.2) is 0 Å². The van der Waals surface area contributed by atoms with Crippen molar-refractivity contribution in [2.24, 2.45) is 0 Å². The number of rotatable bonds is 4. The van der Waals surface area contributed by atoms with Crippen molar-refractivity contribution in [1.29, 1.82) is 0 Å². The molecule has 0 bridgehead atoms. The van der Waals surface area contributed by atoms with E-state index in [4.69, 9.17) is 0 Å². The van der Waals surface area contributed by atoms with Crippen LogP contribution in [0.5, 0.6) is 0 Å². The SMILES string of the molecule is CCC(C)SC(C)n1cnnc1C. The molecule has 0 fully saturated rings. The minimum Gasteiger partial charge on any atom is -0.305 e. The fourth-order valence-corrected chi connectivity index (χ4v) is 2.36. The summed E-state index contributed by atoms with van der Waals surface area (Å²) in [6.45, 7) is 8.64. The summed E-state index contributed by atoms with van der Waals surface area (Å²) < 4.78 is 2.11. The topological polar surface area (TPSA) is 30.7 Å². The lowest BCUT2D eigenvalue weighted by atomic mass is 10.4. The predicted octanol–water partition coefficient (Wildman–Crippen LogP) is 2.64. The maximum atomic E-state index is 3.97. The molecule has 74 valence electrons. The number of hydrogen-bond donors (Lipinski definition) is 0. The lowest BCUT2D eigenvalue weighted by Crippen LogP contribution is -2.06. The van der Waals surface area contributed by atoms with Crippen LogP contribution in [0.1, 0.15) is 38.4 Å². The smallest absolute Gasteiger partial charge is 0.130 e. The average Bonchev–Trinajstić information content (AvgIpc) is 2.51. The summed E-state index contributed by atoms with van der Waals surface area (Å²) in [4.78, 5) is 0. The molecule has 1 rings (SSSR count). The Hall–Kier alpha value is -0.510. The zero-order chi connectivity index (χ0) is 9.84. The largest absolute Gasteiger partial charge is 0.305 e. The standard InChI is InChI=1S/C9H17N3S/c1-5-7(2)13-9(4)12-6-10-11-8(12)3/h6-7,9H,5H2,1-4H3. The minimum absolute atomic E-state index is 0.435. The Morgan fingerprint density at radius 1 is 1.54 bits per heavy atom. The summed E-state index contributed by atoms with van der Waals surface area (Å²) in [7, 11) is 0. The molecule has 1 aromatic rings. The van der Waals surface area contributed by atoms with Crippen molar-refractivity contribution >= 4 is 11.8 Å². The summed E-state index contributed by atoms with van der Waals surface area (Å²) in [6.07, 6.45) is 3.01. The van der Waals surface area contributed by atoms with E-state index in [0.717, 1.165) is 5.82 Å². The second-order valence-corrected chi connectivity index (χ2v) is 5.00. The van der Waals surface area contributed by atoms with Gasteiger partial charge in [0.05, 0.1) is 5.37 Å². The summed E-state index contributed by atoms with van der Waals surface area (Å²) >= 11 is 1.95. The van der Waals surface area contributed by atoms with E-state index in [1.165, 1.54) is 6.42 Å². The quantitative estimate of drug-likeness (QED) is 0.747. The number of aryl methyl sites for hydroxylation is 1. The molecular formula is C9H17N3S. The van der Waals surface area contributed by atoms with Gasteiger partial charge in [-0.3, -0.25) is 0 Å². The molecular weight excluding hydrogens is 182 g/mol. The van der Waals surface area contributed by atoms with Gasteiger partial charge in [0.1, 0.15) is 12.2 Å². The summed E-state index contributed by atoms with van der Waals surface area (Å²) in [5, 5.41) is 8.97. The maximum Gasteiger partial charge on any atom is 0.130 e. The fourth-order valence-electron chi connectivity index (χ4n) is 1.16. The molecule has 0 aliphatic heterocycles. The Morgan fingerprint density at radius 2 is 2.23 bits per heavy atom. The van der Waals surface area contributed by atoms with Gasteiger partial charge in [-0.05, 0) is 20.3 Å². The highest BCUT2D eigenvalue weighted by molar-refractivity contribution is 7.99. The van der Waals surface area contributed by atoms with Gasteiger partial charge >= 0.3 is 0 Å². The molecule has 0 spiro atoms. The lowest BCUT2D eigenvalue weighted by molar-refractivity contribution is 0.701. The first-order valence-corrected chi connectivity index (χ1v) is 5.61. The van der Waals surface area contributed by atoms with Crippen LogP contribution in [0.4, 0.5) is 0 Å². The summed E-state index contributed by atoms with van der Waals surface area (Å²) in [5.74, 6) is 0.989. The molecule has 13 heavy (non-hydrogen) atoms. The normalized spacial score (nSPS) is 15.7. The highest BCUT2D eigenvalue weighted by Gasteiger charge is 2.11. The van der Waals surface area contributed by atoms with Crippen LogP contribution in [0.15, 0.2) is 6.33 Å². The number of thioether (sulfide) groups is 1. The molecule has 0 saturated heterocycles. The van der Waals surface area contributed by atoms with Crippen LogP contribution in [0, 0.1) is 6.92 Å². The molecule has 0 aromatic carbocycles. The van der Waals surface area contributed by atoms with E-state index in [2.05, 4.69) is 35.5 Å². The zero-order valence-corrected chi connectivity index (χ0v) is 9.51. The Morgan fingerprint density at radius 3 is 2.69 bits per heavy atom. The first kappa shape index (κ1) is 10.6. The van der Waals surface area contributed by atoms with Gasteiger partial charge in [-0.2, -0.15) is 0 Å². The van der Waals surface area contributed by atoms with Crippen molar-refractivity contribution in [2.45, 2.75) is 44.7 Å². The molecule has 1 aromatic heterocycles. The third-order valence-corrected chi connectivity index (χ3v) is 3.57. The molecule has 2 atom stereocenters. The number of aromatic nitrogens is 3. The Labute approximate surface area is 83.9 Å². The maximum absolute atomic E-state index is 3.97. The average molecular weight is 199 g/mol. The fraction of sp³-hybridized carbons (Fsp3) is 0.778. The number of hydrogen-bond acceptors (Lipinski definition) is 3. The minimum atomic E-state index is 0.435. The van der Waals surface area contributed by atoms with E-state index in [1.54, 1.807) is 6.33 Å². The van der Waals surface area contributed by atoms with Crippen LogP contribution >= 0.6 is 11.8 Å². The van der Waals surface area contributed by atoms with E-state index in [-0.39, 0.29) is 0 Å². The van der Waals surface area contributed by atoms with Crippen molar-refractivity contribution in [3.8, 4) is 0 Å². The van der Waals surface area contributed by atoms with Crippen molar-refractivity contribution in [3.63, 3.8) is 0 Å². The van der Waals surface area contributed by atoms with Gasteiger partial charge in [0.25, 0.3) is 0 Å². The second kappa shape index (κ2) is 4.65. The highest BCUT2D eigenvalue weighted by atomic mass is 32.2. The molecule has 0 radical (unpaired) electrons. The van der Waals surface area contributed by atoms with Gasteiger partial charge in [-0.15, -0.1) is 22.0 Å². The lowest BCUT2D eigenvalue weighted by Gasteiger charge is -2.17. The van der Waals surface area contributed by atoms with Crippen LogP contribution in [0.25, 0.3) is 0 Å². The van der Waals surface area contributed by atoms with Gasteiger partial charge in [0.2, 0.25) is 0 Å². The second-order valence-electron chi connectivity index (χ2n) is 3.24. The van der Waals surface area contributed by atoms with E-state index in [9.17, 15) is 0 Å². The summed E-state index contributed by atoms with van der Waals surface area (Å²) in [6, 6.07) is 0. The molecule has 0 aliphatic carbocycles. The van der Waals surface area contributed by atoms with Crippen molar-refractivity contribution in [1.82, 2.24) is 14.8 Å². The summed E-state index contributed by atoms with van der Waals surface area (Å²) in [5.41, 5.74) is 0. The molecule has 3 nitrogen and oxygen atoms in total. The third kappa shape index (κ3) is 2.72. The van der Waals surface area contributed by atoms with Crippen molar-refractivity contribution in [2.75, 3.05) is 0 Å². The Balaban J connectivity index is 2.58. The Kier molecular flexibility index (Phi) is 3.78. The van der Waals surface area contributed by atoms with Crippen LogP contribution < -0.4 is 0 Å². The van der Waals surface area contributed by atoms with Gasteiger partial charge < -0.3 is 4.57 Å². The Bertz CT molecular complexity index is 259. The van der Waals surface area contributed by atoms with Crippen molar-refractivity contribution in [3.05, 3.63) is 12.2 Å². The molecule has 0 aliphatic rings. The van der Waals surface area contributed by atoms with Crippen LogP contribution in [-0.4, -0.2) is 20.0 Å². The molecule has 0 saturated carbocycles. The van der Waals surface area contributed by atoms with Crippen LogP contribution in [0.2, 0.25) is 0 Å². The zero-order valence-electron chi connectivity index (χ0n) is 8.69. The third-order valence-electron chi connectivity index (χ3n) is 2.15.